The zero-order valence-electron chi connectivity index (χ0n) is 9.59. The van der Waals surface area contributed by atoms with E-state index in [0.717, 1.165) is 16.9 Å². The number of aryl methyl sites for hydroxylation is 1. The molecule has 1 N–H and O–H groups in total. The molecule has 0 amide bonds. The normalized spacial score (nSPS) is 12.7. The van der Waals surface area contributed by atoms with Crippen molar-refractivity contribution in [3.8, 4) is 5.69 Å². The summed E-state index contributed by atoms with van der Waals surface area (Å²) in [5.41, 5.74) is 3.12. The molecule has 1 heterocycles. The van der Waals surface area contributed by atoms with Gasteiger partial charge in [0, 0.05) is 18.7 Å². The first-order chi connectivity index (χ1) is 7.72. The van der Waals surface area contributed by atoms with Crippen molar-refractivity contribution in [2.75, 3.05) is 6.61 Å². The number of aliphatic hydroxyl groups excluding tert-OH is 1. The highest BCUT2D eigenvalue weighted by Crippen LogP contribution is 2.19. The number of aromatic nitrogens is 2. The molecule has 1 atom stereocenters. The van der Waals surface area contributed by atoms with E-state index < -0.39 is 0 Å². The van der Waals surface area contributed by atoms with E-state index in [-0.39, 0.29) is 12.5 Å². The standard InChI is InChI=1S/C13H16N2O/c1-10(9-16)13-8-15(14-11(13)2)12-6-4-3-5-7-12/h3-8,10,16H,9H2,1-2H3. The zero-order valence-corrected chi connectivity index (χ0v) is 9.59. The van der Waals surface area contributed by atoms with Crippen molar-refractivity contribution in [3.63, 3.8) is 0 Å². The molecule has 0 saturated carbocycles. The molecule has 0 aliphatic rings. The summed E-state index contributed by atoms with van der Waals surface area (Å²) in [4.78, 5) is 0. The van der Waals surface area contributed by atoms with Gasteiger partial charge in [-0.3, -0.25) is 0 Å². The molecule has 2 rings (SSSR count). The Morgan fingerprint density at radius 1 is 1.31 bits per heavy atom. The molecule has 0 fully saturated rings. The van der Waals surface area contributed by atoms with Gasteiger partial charge in [0.2, 0.25) is 0 Å². The molecular weight excluding hydrogens is 200 g/mol. The number of nitrogens with zero attached hydrogens (tertiary/aromatic N) is 2. The highest BCUT2D eigenvalue weighted by molar-refractivity contribution is 5.33. The van der Waals surface area contributed by atoms with Crippen LogP contribution in [0.3, 0.4) is 0 Å². The largest absolute Gasteiger partial charge is 0.396 e. The van der Waals surface area contributed by atoms with Crippen LogP contribution in [0.4, 0.5) is 0 Å². The van der Waals surface area contributed by atoms with Crippen molar-refractivity contribution < 1.29 is 5.11 Å². The van der Waals surface area contributed by atoms with Gasteiger partial charge < -0.3 is 5.11 Å². The van der Waals surface area contributed by atoms with Gasteiger partial charge in [-0.05, 0) is 24.6 Å². The number of rotatable bonds is 3. The molecule has 0 saturated heterocycles. The first-order valence-electron chi connectivity index (χ1n) is 5.45. The van der Waals surface area contributed by atoms with Crippen LogP contribution in [0, 0.1) is 6.92 Å². The molecule has 16 heavy (non-hydrogen) atoms. The summed E-state index contributed by atoms with van der Waals surface area (Å²) in [6, 6.07) is 9.99. The van der Waals surface area contributed by atoms with Crippen LogP contribution in [0.25, 0.3) is 5.69 Å². The van der Waals surface area contributed by atoms with Crippen LogP contribution in [0.1, 0.15) is 24.1 Å². The average Bonchev–Trinajstić information content (AvgIpc) is 2.71. The molecule has 3 heteroatoms. The van der Waals surface area contributed by atoms with E-state index >= 15 is 0 Å². The quantitative estimate of drug-likeness (QED) is 0.854. The maximum atomic E-state index is 9.16. The molecule has 1 unspecified atom stereocenters. The lowest BCUT2D eigenvalue weighted by atomic mass is 10.0. The van der Waals surface area contributed by atoms with Gasteiger partial charge in [0.1, 0.15) is 0 Å². The monoisotopic (exact) mass is 216 g/mol. The minimum atomic E-state index is 0.137. The summed E-state index contributed by atoms with van der Waals surface area (Å²) in [6.45, 7) is 4.13. The van der Waals surface area contributed by atoms with E-state index in [0.29, 0.717) is 0 Å². The summed E-state index contributed by atoms with van der Waals surface area (Å²) in [7, 11) is 0. The summed E-state index contributed by atoms with van der Waals surface area (Å²) in [6.07, 6.45) is 1.99. The smallest absolute Gasteiger partial charge is 0.0645 e. The lowest BCUT2D eigenvalue weighted by Crippen LogP contribution is -1.98. The molecule has 3 nitrogen and oxygen atoms in total. The Morgan fingerprint density at radius 3 is 2.62 bits per heavy atom. The van der Waals surface area contributed by atoms with E-state index in [1.54, 1.807) is 0 Å². The third-order valence-corrected chi connectivity index (χ3v) is 2.76. The molecule has 0 radical (unpaired) electrons. The van der Waals surface area contributed by atoms with Crippen LogP contribution >= 0.6 is 0 Å². The van der Waals surface area contributed by atoms with Gasteiger partial charge in [-0.25, -0.2) is 4.68 Å². The number of aliphatic hydroxyl groups is 1. The second-order valence-corrected chi connectivity index (χ2v) is 4.03. The molecule has 0 bridgehead atoms. The van der Waals surface area contributed by atoms with Crippen molar-refractivity contribution in [1.29, 1.82) is 0 Å². The van der Waals surface area contributed by atoms with E-state index in [1.807, 2.05) is 55.1 Å². The Morgan fingerprint density at radius 2 is 2.00 bits per heavy atom. The highest BCUT2D eigenvalue weighted by Gasteiger charge is 2.11. The lowest BCUT2D eigenvalue weighted by Gasteiger charge is -2.04. The molecule has 0 aliphatic heterocycles. The van der Waals surface area contributed by atoms with Gasteiger partial charge >= 0.3 is 0 Å². The highest BCUT2D eigenvalue weighted by atomic mass is 16.3. The summed E-state index contributed by atoms with van der Waals surface area (Å²) >= 11 is 0. The minimum Gasteiger partial charge on any atom is -0.396 e. The van der Waals surface area contributed by atoms with Gasteiger partial charge in [0.15, 0.2) is 0 Å². The second kappa shape index (κ2) is 4.49. The zero-order chi connectivity index (χ0) is 11.5. The first-order valence-corrected chi connectivity index (χ1v) is 5.45. The first kappa shape index (κ1) is 10.9. The topological polar surface area (TPSA) is 38.0 Å². The average molecular weight is 216 g/mol. The number of benzene rings is 1. The van der Waals surface area contributed by atoms with Crippen molar-refractivity contribution >= 4 is 0 Å². The Kier molecular flexibility index (Phi) is 3.06. The maximum Gasteiger partial charge on any atom is 0.0645 e. The van der Waals surface area contributed by atoms with Crippen LogP contribution in [0.5, 0.6) is 0 Å². The van der Waals surface area contributed by atoms with Crippen LogP contribution in [0.15, 0.2) is 36.5 Å². The van der Waals surface area contributed by atoms with Crippen molar-refractivity contribution in [3.05, 3.63) is 47.8 Å². The number of para-hydroxylation sites is 1. The summed E-state index contributed by atoms with van der Waals surface area (Å²) < 4.78 is 1.86. The fourth-order valence-corrected chi connectivity index (χ4v) is 1.77. The van der Waals surface area contributed by atoms with Gasteiger partial charge in [-0.15, -0.1) is 0 Å². The van der Waals surface area contributed by atoms with Gasteiger partial charge in [0.25, 0.3) is 0 Å². The molecule has 0 aliphatic carbocycles. The molecule has 2 aromatic rings. The number of hydrogen-bond acceptors (Lipinski definition) is 2. The molecule has 1 aromatic heterocycles. The lowest BCUT2D eigenvalue weighted by molar-refractivity contribution is 0.272. The fourth-order valence-electron chi connectivity index (χ4n) is 1.77. The van der Waals surface area contributed by atoms with E-state index in [9.17, 15) is 0 Å². The molecule has 1 aromatic carbocycles. The van der Waals surface area contributed by atoms with Crippen LogP contribution in [-0.4, -0.2) is 21.5 Å². The predicted molar refractivity (Wildman–Crippen MR) is 63.8 cm³/mol. The molecular formula is C13H16N2O. The van der Waals surface area contributed by atoms with Crippen molar-refractivity contribution in [1.82, 2.24) is 9.78 Å². The predicted octanol–water partition coefficient (Wildman–Crippen LogP) is 2.28. The minimum absolute atomic E-state index is 0.137. The van der Waals surface area contributed by atoms with Gasteiger partial charge in [-0.2, -0.15) is 5.10 Å². The molecule has 0 spiro atoms. The summed E-state index contributed by atoms with van der Waals surface area (Å²) in [5, 5.41) is 13.6. The van der Waals surface area contributed by atoms with Crippen molar-refractivity contribution in [2.45, 2.75) is 19.8 Å². The third kappa shape index (κ3) is 1.99. The van der Waals surface area contributed by atoms with Crippen molar-refractivity contribution in [2.24, 2.45) is 0 Å². The maximum absolute atomic E-state index is 9.16. The van der Waals surface area contributed by atoms with E-state index in [4.69, 9.17) is 5.11 Å². The van der Waals surface area contributed by atoms with Crippen LogP contribution in [-0.2, 0) is 0 Å². The van der Waals surface area contributed by atoms with E-state index in [1.165, 1.54) is 0 Å². The summed E-state index contributed by atoms with van der Waals surface area (Å²) in [5.74, 6) is 0.137. The van der Waals surface area contributed by atoms with Crippen LogP contribution < -0.4 is 0 Å². The van der Waals surface area contributed by atoms with Crippen LogP contribution in [0.2, 0.25) is 0 Å². The van der Waals surface area contributed by atoms with Gasteiger partial charge in [0.05, 0.1) is 11.4 Å². The van der Waals surface area contributed by atoms with Gasteiger partial charge in [-0.1, -0.05) is 25.1 Å². The Hall–Kier alpha value is -1.61. The Bertz CT molecular complexity index is 462. The fraction of sp³-hybridized carbons (Fsp3) is 0.308. The molecule has 84 valence electrons. The number of hydrogen-bond donors (Lipinski definition) is 1. The second-order valence-electron chi connectivity index (χ2n) is 4.03. The Labute approximate surface area is 95.3 Å². The van der Waals surface area contributed by atoms with E-state index in [2.05, 4.69) is 5.10 Å². The third-order valence-electron chi connectivity index (χ3n) is 2.76. The Balaban J connectivity index is 2.38. The SMILES string of the molecule is Cc1nn(-c2ccccc2)cc1C(C)CO.